The van der Waals surface area contributed by atoms with Crippen LogP contribution in [0.1, 0.15) is 0 Å². The number of benzene rings is 6. The van der Waals surface area contributed by atoms with Crippen LogP contribution in [-0.4, -0.2) is 13.0 Å². The average Bonchev–Trinajstić information content (AvgIpc) is 2.83. The van der Waals surface area contributed by atoms with Crippen LogP contribution in [0.2, 0.25) is 0 Å². The van der Waals surface area contributed by atoms with Crippen LogP contribution in [0, 0.1) is 0 Å². The molecule has 0 aliphatic carbocycles. The van der Waals surface area contributed by atoms with Crippen molar-refractivity contribution < 1.29 is 13.0 Å². The van der Waals surface area contributed by atoms with E-state index in [4.69, 9.17) is 0 Å². The molecule has 0 unspecified atom stereocenters. The summed E-state index contributed by atoms with van der Waals surface area (Å²) in [5, 5.41) is 5.38. The quantitative estimate of drug-likeness (QED) is 0.131. The molecule has 6 aromatic carbocycles. The Morgan fingerprint density at radius 1 is 0.515 bits per heavy atom. The Balaban J connectivity index is 0.000000152. The second-order valence-electron chi connectivity index (χ2n) is 7.66. The van der Waals surface area contributed by atoms with Crippen molar-refractivity contribution in [3.8, 4) is 0 Å². The summed E-state index contributed by atoms with van der Waals surface area (Å²) >= 11 is 1.28. The highest BCUT2D eigenvalue weighted by atomic mass is 32.2. The molecular weight excluding hydrogens is 448 g/mol. The SMILES string of the molecule is O=S(=O)([O-])c1ccc2ccc3cccc4ccc1c2c34.c1ccc([SH+]c2ccccc2)cc1. The molecule has 0 saturated heterocycles. The topological polar surface area (TPSA) is 57.2 Å². The normalized spacial score (nSPS) is 11.5. The highest BCUT2D eigenvalue weighted by Crippen LogP contribution is 2.36. The Morgan fingerprint density at radius 2 is 1.00 bits per heavy atom. The molecule has 162 valence electrons. The van der Waals surface area contributed by atoms with Gasteiger partial charge in [0.25, 0.3) is 0 Å². The summed E-state index contributed by atoms with van der Waals surface area (Å²) < 4.78 is 34.3. The van der Waals surface area contributed by atoms with E-state index in [2.05, 4.69) is 48.5 Å². The van der Waals surface area contributed by atoms with Gasteiger partial charge in [-0.1, -0.05) is 84.9 Å². The maximum absolute atomic E-state index is 11.4. The predicted octanol–water partition coefficient (Wildman–Crippen LogP) is 6.41. The van der Waals surface area contributed by atoms with Crippen molar-refractivity contribution in [3.05, 3.63) is 115 Å². The van der Waals surface area contributed by atoms with Crippen LogP contribution in [0.3, 0.4) is 0 Å². The van der Waals surface area contributed by atoms with Gasteiger partial charge in [0.2, 0.25) is 0 Å². The predicted molar refractivity (Wildman–Crippen MR) is 136 cm³/mol. The van der Waals surface area contributed by atoms with Crippen molar-refractivity contribution in [1.82, 2.24) is 0 Å². The van der Waals surface area contributed by atoms with Crippen LogP contribution in [0.5, 0.6) is 0 Å². The number of hydrogen-bond donors (Lipinski definition) is 0. The van der Waals surface area contributed by atoms with Crippen molar-refractivity contribution in [2.75, 3.05) is 0 Å². The van der Waals surface area contributed by atoms with E-state index in [-0.39, 0.29) is 4.90 Å². The van der Waals surface area contributed by atoms with Gasteiger partial charge >= 0.3 is 0 Å². The largest absolute Gasteiger partial charge is 0.744 e. The van der Waals surface area contributed by atoms with E-state index in [1.54, 1.807) is 12.1 Å². The number of hydrogen-bond acceptors (Lipinski definition) is 3. The van der Waals surface area contributed by atoms with Crippen molar-refractivity contribution in [2.24, 2.45) is 0 Å². The third-order valence-electron chi connectivity index (χ3n) is 5.53. The van der Waals surface area contributed by atoms with Gasteiger partial charge in [-0.2, -0.15) is 0 Å². The van der Waals surface area contributed by atoms with Crippen molar-refractivity contribution in [1.29, 1.82) is 0 Å². The van der Waals surface area contributed by atoms with Gasteiger partial charge in [0.15, 0.2) is 9.79 Å². The monoisotopic (exact) mass is 468 g/mol. The lowest BCUT2D eigenvalue weighted by molar-refractivity contribution is 0.464. The molecule has 6 aromatic rings. The molecule has 0 bridgehead atoms. The zero-order valence-electron chi connectivity index (χ0n) is 17.5. The van der Waals surface area contributed by atoms with Crippen LogP contribution >= 0.6 is 0 Å². The fraction of sp³-hybridized carbons (Fsp3) is 0. The fourth-order valence-corrected chi connectivity index (χ4v) is 5.70. The van der Waals surface area contributed by atoms with Crippen molar-refractivity contribution >= 4 is 54.2 Å². The molecule has 5 heteroatoms. The lowest BCUT2D eigenvalue weighted by Gasteiger charge is -2.15. The van der Waals surface area contributed by atoms with Crippen molar-refractivity contribution in [2.45, 2.75) is 14.7 Å². The number of rotatable bonds is 3. The summed E-state index contributed by atoms with van der Waals surface area (Å²) in [7, 11) is -4.48. The Kier molecular flexibility index (Phi) is 5.77. The molecule has 0 atom stereocenters. The molecule has 0 N–H and O–H groups in total. The molecule has 0 aliphatic rings. The van der Waals surface area contributed by atoms with E-state index < -0.39 is 10.1 Å². The van der Waals surface area contributed by atoms with Crippen LogP contribution in [0.4, 0.5) is 0 Å². The lowest BCUT2D eigenvalue weighted by Crippen LogP contribution is -2.00. The van der Waals surface area contributed by atoms with E-state index in [0.29, 0.717) is 5.39 Å². The minimum Gasteiger partial charge on any atom is -0.744 e. The summed E-state index contributed by atoms with van der Waals surface area (Å²) in [5.41, 5.74) is 0. The zero-order valence-corrected chi connectivity index (χ0v) is 19.3. The molecule has 0 amide bonds. The van der Waals surface area contributed by atoms with Gasteiger partial charge in [-0.05, 0) is 57.3 Å². The molecule has 3 nitrogen and oxygen atoms in total. The highest BCUT2D eigenvalue weighted by molar-refractivity contribution is 7.86. The standard InChI is InChI=1S/C16H10O3S.C12H10S/c17-20(18,19)14-9-7-12-5-4-10-2-1-3-11-6-8-13(14)16(12)15(10)11;1-3-7-11(8-4-1)13-12-9-5-2-6-10-12/h1-9H,(H,17,18,19);1-10H. The first-order chi connectivity index (χ1) is 16.0. The summed E-state index contributed by atoms with van der Waals surface area (Å²) in [6.07, 6.45) is 0. The van der Waals surface area contributed by atoms with Gasteiger partial charge in [-0.25, -0.2) is 8.42 Å². The van der Waals surface area contributed by atoms with Crippen LogP contribution in [-0.2, 0) is 21.9 Å². The Hall–Kier alpha value is -3.38. The van der Waals surface area contributed by atoms with E-state index in [1.807, 2.05) is 48.5 Å². The van der Waals surface area contributed by atoms with Crippen LogP contribution < -0.4 is 0 Å². The average molecular weight is 469 g/mol. The van der Waals surface area contributed by atoms with Crippen LogP contribution in [0.25, 0.3) is 32.3 Å². The van der Waals surface area contributed by atoms with Gasteiger partial charge in [-0.15, -0.1) is 0 Å². The zero-order chi connectivity index (χ0) is 22.8. The second-order valence-corrected chi connectivity index (χ2v) is 10.3. The maximum atomic E-state index is 11.4. The van der Waals surface area contributed by atoms with Crippen LogP contribution in [0.15, 0.2) is 130 Å². The Morgan fingerprint density at radius 3 is 1.55 bits per heavy atom. The first-order valence-electron chi connectivity index (χ1n) is 10.4. The lowest BCUT2D eigenvalue weighted by atomic mass is 9.94. The first-order valence-corrected chi connectivity index (χ1v) is 12.8. The van der Waals surface area contributed by atoms with Gasteiger partial charge in [-0.3, -0.25) is 0 Å². The molecule has 6 rings (SSSR count). The minimum atomic E-state index is -4.48. The van der Waals surface area contributed by atoms with Gasteiger partial charge in [0, 0.05) is 17.1 Å². The molecule has 0 saturated carbocycles. The van der Waals surface area contributed by atoms with Gasteiger partial charge in [0.05, 0.1) is 4.90 Å². The minimum absolute atomic E-state index is 0.150. The molecule has 33 heavy (non-hydrogen) atoms. The third kappa shape index (κ3) is 4.44. The first kappa shape index (κ1) is 21.5. The molecule has 0 radical (unpaired) electrons. The van der Waals surface area contributed by atoms with E-state index in [0.717, 1.165) is 26.9 Å². The van der Waals surface area contributed by atoms with E-state index in [9.17, 15) is 13.0 Å². The molecular formula is C28H20O3S2. The molecule has 0 spiro atoms. The smallest absolute Gasteiger partial charge is 0.158 e. The molecule has 0 aromatic heterocycles. The molecule has 0 aliphatic heterocycles. The maximum Gasteiger partial charge on any atom is 0.158 e. The van der Waals surface area contributed by atoms with Gasteiger partial charge in [0.1, 0.15) is 10.1 Å². The Bertz CT molecular complexity index is 1590. The fourth-order valence-electron chi connectivity index (χ4n) is 4.08. The summed E-state index contributed by atoms with van der Waals surface area (Å²) in [6, 6.07) is 37.5. The van der Waals surface area contributed by atoms with E-state index in [1.165, 1.54) is 27.6 Å². The second kappa shape index (κ2) is 8.87. The molecule has 0 heterocycles. The molecule has 0 fully saturated rings. The third-order valence-corrected chi connectivity index (χ3v) is 7.54. The van der Waals surface area contributed by atoms with Gasteiger partial charge < -0.3 is 4.55 Å². The summed E-state index contributed by atoms with van der Waals surface area (Å²) in [4.78, 5) is 2.53. The van der Waals surface area contributed by atoms with Crippen molar-refractivity contribution in [3.63, 3.8) is 0 Å². The number of thiol groups is 1. The summed E-state index contributed by atoms with van der Waals surface area (Å²) in [6.45, 7) is 0. The Labute approximate surface area is 196 Å². The van der Waals surface area contributed by atoms with E-state index >= 15 is 0 Å². The highest BCUT2D eigenvalue weighted by Gasteiger charge is 2.13. The summed E-state index contributed by atoms with van der Waals surface area (Å²) in [5.74, 6) is 0.